The van der Waals surface area contributed by atoms with Gasteiger partial charge in [0, 0.05) is 19.1 Å². The molecule has 2 heterocycles. The highest BCUT2D eigenvalue weighted by Crippen LogP contribution is 2.33. The predicted molar refractivity (Wildman–Crippen MR) is 70.8 cm³/mol. The molecule has 0 saturated carbocycles. The van der Waals surface area contributed by atoms with Crippen molar-refractivity contribution < 1.29 is 4.39 Å². The molecule has 3 nitrogen and oxygen atoms in total. The minimum Gasteiger partial charge on any atom is -0.316 e. The zero-order valence-electron chi connectivity index (χ0n) is 11.1. The fourth-order valence-corrected chi connectivity index (χ4v) is 3.46. The Morgan fingerprint density at radius 3 is 3.05 bits per heavy atom. The highest BCUT2D eigenvalue weighted by atomic mass is 19.1. The molecule has 4 heteroatoms. The second kappa shape index (κ2) is 4.92. The van der Waals surface area contributed by atoms with E-state index in [1.54, 1.807) is 12.1 Å². The van der Waals surface area contributed by atoms with Crippen LogP contribution in [0.2, 0.25) is 0 Å². The van der Waals surface area contributed by atoms with Crippen LogP contribution in [-0.4, -0.2) is 30.6 Å². The first kappa shape index (κ1) is 12.6. The lowest BCUT2D eigenvalue weighted by Crippen LogP contribution is -2.32. The first-order chi connectivity index (χ1) is 9.19. The summed E-state index contributed by atoms with van der Waals surface area (Å²) >= 11 is 0. The molecule has 2 aliphatic heterocycles. The van der Waals surface area contributed by atoms with E-state index >= 15 is 0 Å². The second-order valence-electron chi connectivity index (χ2n) is 5.68. The van der Waals surface area contributed by atoms with Crippen LogP contribution in [0.4, 0.5) is 4.39 Å². The summed E-state index contributed by atoms with van der Waals surface area (Å²) in [6.45, 7) is 6.39. The summed E-state index contributed by atoms with van der Waals surface area (Å²) in [5, 5.41) is 12.3. The monoisotopic (exact) mass is 259 g/mol. The lowest BCUT2D eigenvalue weighted by molar-refractivity contribution is 0.231. The van der Waals surface area contributed by atoms with Crippen molar-refractivity contribution in [1.82, 2.24) is 10.2 Å². The standard InChI is InChI=1S/C15H18FN3/c1-10-14-7-18-6-13(14)9-19(10)8-11-2-3-15(16)12(4-11)5-17/h2-4,10,13-14,18H,6-9H2,1H3. The molecule has 2 saturated heterocycles. The van der Waals surface area contributed by atoms with Crippen molar-refractivity contribution in [2.45, 2.75) is 19.5 Å². The van der Waals surface area contributed by atoms with Gasteiger partial charge in [-0.15, -0.1) is 0 Å². The summed E-state index contributed by atoms with van der Waals surface area (Å²) in [5.74, 6) is 1.04. The van der Waals surface area contributed by atoms with E-state index in [2.05, 4.69) is 17.1 Å². The Hall–Kier alpha value is -1.44. The molecule has 0 radical (unpaired) electrons. The van der Waals surface area contributed by atoms with Crippen LogP contribution in [0.1, 0.15) is 18.1 Å². The third-order valence-electron chi connectivity index (χ3n) is 4.59. The molecule has 1 aromatic rings. The van der Waals surface area contributed by atoms with Gasteiger partial charge in [0.05, 0.1) is 5.56 Å². The molecule has 19 heavy (non-hydrogen) atoms. The molecule has 3 rings (SSSR count). The number of hydrogen-bond donors (Lipinski definition) is 1. The lowest BCUT2D eigenvalue weighted by atomic mass is 9.95. The van der Waals surface area contributed by atoms with Gasteiger partial charge in [-0.2, -0.15) is 5.26 Å². The van der Waals surface area contributed by atoms with Crippen LogP contribution in [0.25, 0.3) is 0 Å². The van der Waals surface area contributed by atoms with E-state index in [9.17, 15) is 4.39 Å². The van der Waals surface area contributed by atoms with E-state index < -0.39 is 5.82 Å². The molecule has 3 atom stereocenters. The molecule has 3 unspecified atom stereocenters. The third-order valence-corrected chi connectivity index (χ3v) is 4.59. The van der Waals surface area contributed by atoms with Crippen LogP contribution in [0.3, 0.4) is 0 Å². The molecule has 0 amide bonds. The summed E-state index contributed by atoms with van der Waals surface area (Å²) in [6, 6.07) is 7.32. The molecule has 2 fully saturated rings. The maximum atomic E-state index is 13.3. The highest BCUT2D eigenvalue weighted by molar-refractivity contribution is 5.34. The van der Waals surface area contributed by atoms with Crippen molar-refractivity contribution in [2.24, 2.45) is 11.8 Å². The Labute approximate surface area is 113 Å². The predicted octanol–water partition coefficient (Wildman–Crippen LogP) is 1.74. The number of fused-ring (bicyclic) bond motifs is 1. The molecule has 2 aliphatic rings. The number of nitrogens with zero attached hydrogens (tertiary/aromatic N) is 2. The molecule has 1 N–H and O–H groups in total. The van der Waals surface area contributed by atoms with Gasteiger partial charge in [0.25, 0.3) is 0 Å². The first-order valence-corrected chi connectivity index (χ1v) is 6.82. The SMILES string of the molecule is CC1C2CNCC2CN1Cc1ccc(F)c(C#N)c1. The Morgan fingerprint density at radius 1 is 1.47 bits per heavy atom. The van der Waals surface area contributed by atoms with Crippen molar-refractivity contribution in [3.8, 4) is 6.07 Å². The normalized spacial score (nSPS) is 30.3. The molecular weight excluding hydrogens is 241 g/mol. The number of nitrogens with one attached hydrogen (secondary N) is 1. The lowest BCUT2D eigenvalue weighted by Gasteiger charge is -2.24. The Morgan fingerprint density at radius 2 is 2.32 bits per heavy atom. The molecule has 0 aromatic heterocycles. The summed E-state index contributed by atoms with van der Waals surface area (Å²) in [5.41, 5.74) is 1.17. The number of hydrogen-bond acceptors (Lipinski definition) is 3. The van der Waals surface area contributed by atoms with E-state index in [0.717, 1.165) is 43.6 Å². The van der Waals surface area contributed by atoms with E-state index in [1.165, 1.54) is 6.07 Å². The third kappa shape index (κ3) is 2.24. The van der Waals surface area contributed by atoms with E-state index in [4.69, 9.17) is 5.26 Å². The van der Waals surface area contributed by atoms with Crippen LogP contribution in [0.5, 0.6) is 0 Å². The van der Waals surface area contributed by atoms with Crippen LogP contribution >= 0.6 is 0 Å². The van der Waals surface area contributed by atoms with Crippen LogP contribution < -0.4 is 5.32 Å². The molecular formula is C15H18FN3. The minimum absolute atomic E-state index is 0.145. The molecule has 1 aromatic carbocycles. The van der Waals surface area contributed by atoms with Crippen LogP contribution in [0.15, 0.2) is 18.2 Å². The number of likely N-dealkylation sites (tertiary alicyclic amines) is 1. The van der Waals surface area contributed by atoms with E-state index in [1.807, 2.05) is 6.07 Å². The molecule has 0 aliphatic carbocycles. The number of rotatable bonds is 2. The minimum atomic E-state index is -0.429. The quantitative estimate of drug-likeness (QED) is 0.879. The number of nitriles is 1. The Balaban J connectivity index is 1.74. The maximum Gasteiger partial charge on any atom is 0.140 e. The van der Waals surface area contributed by atoms with Crippen molar-refractivity contribution in [2.75, 3.05) is 19.6 Å². The van der Waals surface area contributed by atoms with Gasteiger partial charge in [-0.3, -0.25) is 4.90 Å². The summed E-state index contributed by atoms with van der Waals surface area (Å²) in [6.07, 6.45) is 0. The fraction of sp³-hybridized carbons (Fsp3) is 0.533. The topological polar surface area (TPSA) is 39.1 Å². The maximum absolute atomic E-state index is 13.3. The van der Waals surface area contributed by atoms with Gasteiger partial charge in [-0.05, 0) is 49.5 Å². The van der Waals surface area contributed by atoms with Crippen molar-refractivity contribution in [3.63, 3.8) is 0 Å². The number of halogens is 1. The molecule has 0 bridgehead atoms. The van der Waals surface area contributed by atoms with Gasteiger partial charge in [0.1, 0.15) is 11.9 Å². The van der Waals surface area contributed by atoms with Gasteiger partial charge in [0.2, 0.25) is 0 Å². The number of benzene rings is 1. The molecule has 0 spiro atoms. The van der Waals surface area contributed by atoms with Crippen LogP contribution in [-0.2, 0) is 6.54 Å². The van der Waals surface area contributed by atoms with Gasteiger partial charge in [-0.1, -0.05) is 6.07 Å². The second-order valence-corrected chi connectivity index (χ2v) is 5.68. The summed E-state index contributed by atoms with van der Waals surface area (Å²) in [4.78, 5) is 2.45. The zero-order valence-corrected chi connectivity index (χ0v) is 11.1. The van der Waals surface area contributed by atoms with Crippen molar-refractivity contribution in [3.05, 3.63) is 35.1 Å². The van der Waals surface area contributed by atoms with E-state index in [-0.39, 0.29) is 5.56 Å². The average Bonchev–Trinajstić information content (AvgIpc) is 2.96. The summed E-state index contributed by atoms with van der Waals surface area (Å²) in [7, 11) is 0. The Kier molecular flexibility index (Phi) is 3.26. The van der Waals surface area contributed by atoms with Crippen LogP contribution in [0, 0.1) is 29.0 Å². The van der Waals surface area contributed by atoms with Crippen molar-refractivity contribution in [1.29, 1.82) is 5.26 Å². The first-order valence-electron chi connectivity index (χ1n) is 6.82. The Bertz CT molecular complexity index is 523. The fourth-order valence-electron chi connectivity index (χ4n) is 3.46. The summed E-state index contributed by atoms with van der Waals surface area (Å²) < 4.78 is 13.3. The zero-order chi connectivity index (χ0) is 13.4. The van der Waals surface area contributed by atoms with Gasteiger partial charge < -0.3 is 5.32 Å². The molecule has 100 valence electrons. The van der Waals surface area contributed by atoms with Gasteiger partial charge >= 0.3 is 0 Å². The van der Waals surface area contributed by atoms with Gasteiger partial charge in [-0.25, -0.2) is 4.39 Å². The van der Waals surface area contributed by atoms with E-state index in [0.29, 0.717) is 6.04 Å². The van der Waals surface area contributed by atoms with Crippen molar-refractivity contribution >= 4 is 0 Å². The average molecular weight is 259 g/mol. The highest BCUT2D eigenvalue weighted by Gasteiger charge is 2.41. The largest absolute Gasteiger partial charge is 0.316 e. The smallest absolute Gasteiger partial charge is 0.140 e. The van der Waals surface area contributed by atoms with Gasteiger partial charge in [0.15, 0.2) is 0 Å².